The number of ether oxygens (including phenoxy) is 2. The second kappa shape index (κ2) is 5.15. The average Bonchev–Trinajstić information content (AvgIpc) is 2.32. The maximum absolute atomic E-state index is 12.3. The molecule has 2 fully saturated rings. The van der Waals surface area contributed by atoms with Crippen LogP contribution in [0.15, 0.2) is 0 Å². The van der Waals surface area contributed by atoms with Gasteiger partial charge >= 0.3 is 0 Å². The van der Waals surface area contributed by atoms with Gasteiger partial charge in [-0.05, 0) is 26.7 Å². The summed E-state index contributed by atoms with van der Waals surface area (Å²) in [6.07, 6.45) is 1.91. The number of hydrogen-bond acceptors (Lipinski definition) is 3. The number of morpholine rings is 1. The summed E-state index contributed by atoms with van der Waals surface area (Å²) in [6.45, 7) is 6.93. The molecule has 2 rings (SSSR count). The van der Waals surface area contributed by atoms with E-state index in [0.717, 1.165) is 32.6 Å². The van der Waals surface area contributed by atoms with E-state index in [1.165, 1.54) is 0 Å². The van der Waals surface area contributed by atoms with Crippen molar-refractivity contribution in [1.29, 1.82) is 0 Å². The van der Waals surface area contributed by atoms with Crippen LogP contribution in [-0.4, -0.2) is 49.3 Å². The van der Waals surface area contributed by atoms with Crippen molar-refractivity contribution in [3.63, 3.8) is 0 Å². The van der Waals surface area contributed by atoms with Gasteiger partial charge in [-0.3, -0.25) is 4.79 Å². The molecule has 0 spiro atoms. The molecule has 0 aromatic heterocycles. The van der Waals surface area contributed by atoms with E-state index < -0.39 is 0 Å². The number of carbonyl (C=O) groups excluding carboxylic acids is 1. The third kappa shape index (κ3) is 2.55. The number of rotatable bonds is 1. The molecule has 1 amide bonds. The molecule has 16 heavy (non-hydrogen) atoms. The first-order valence-corrected chi connectivity index (χ1v) is 6.18. The van der Waals surface area contributed by atoms with Crippen LogP contribution in [0.2, 0.25) is 0 Å². The van der Waals surface area contributed by atoms with Crippen molar-refractivity contribution in [2.24, 2.45) is 5.92 Å². The van der Waals surface area contributed by atoms with E-state index in [2.05, 4.69) is 6.92 Å². The van der Waals surface area contributed by atoms with Crippen LogP contribution in [-0.2, 0) is 14.3 Å². The lowest BCUT2D eigenvalue weighted by molar-refractivity contribution is -0.150. The minimum Gasteiger partial charge on any atom is -0.381 e. The van der Waals surface area contributed by atoms with Crippen LogP contribution in [0.4, 0.5) is 0 Å². The molecule has 92 valence electrons. The number of carbonyl (C=O) groups is 1. The summed E-state index contributed by atoms with van der Waals surface area (Å²) in [6, 6.07) is 0.214. The van der Waals surface area contributed by atoms with Crippen LogP contribution in [0.3, 0.4) is 0 Å². The monoisotopic (exact) mass is 227 g/mol. The second-order valence-corrected chi connectivity index (χ2v) is 4.87. The maximum atomic E-state index is 12.3. The highest BCUT2D eigenvalue weighted by Gasteiger charge is 2.32. The standard InChI is InChI=1S/C12H21NO3/c1-9-8-16-10(2)7-13(9)12(14)11-3-5-15-6-4-11/h9-11H,3-8H2,1-2H3. The van der Waals surface area contributed by atoms with E-state index >= 15 is 0 Å². The van der Waals surface area contributed by atoms with Crippen LogP contribution in [0.25, 0.3) is 0 Å². The van der Waals surface area contributed by atoms with E-state index in [9.17, 15) is 4.79 Å². The smallest absolute Gasteiger partial charge is 0.226 e. The summed E-state index contributed by atoms with van der Waals surface area (Å²) in [5.74, 6) is 0.465. The van der Waals surface area contributed by atoms with Crippen LogP contribution < -0.4 is 0 Å². The van der Waals surface area contributed by atoms with Gasteiger partial charge in [-0.25, -0.2) is 0 Å². The Hall–Kier alpha value is -0.610. The van der Waals surface area contributed by atoms with Crippen molar-refractivity contribution >= 4 is 5.91 Å². The van der Waals surface area contributed by atoms with Crippen molar-refractivity contribution in [3.8, 4) is 0 Å². The Bertz CT molecular complexity index is 251. The van der Waals surface area contributed by atoms with Gasteiger partial charge in [-0.2, -0.15) is 0 Å². The van der Waals surface area contributed by atoms with Gasteiger partial charge in [0.15, 0.2) is 0 Å². The average molecular weight is 227 g/mol. The minimum absolute atomic E-state index is 0.167. The molecule has 0 N–H and O–H groups in total. The zero-order valence-electron chi connectivity index (χ0n) is 10.1. The third-order valence-corrected chi connectivity index (χ3v) is 3.46. The van der Waals surface area contributed by atoms with Gasteiger partial charge in [-0.1, -0.05) is 0 Å². The Kier molecular flexibility index (Phi) is 3.82. The molecule has 0 bridgehead atoms. The van der Waals surface area contributed by atoms with Gasteiger partial charge in [0, 0.05) is 25.7 Å². The van der Waals surface area contributed by atoms with Gasteiger partial charge in [0.05, 0.1) is 18.8 Å². The fourth-order valence-electron chi connectivity index (χ4n) is 2.39. The third-order valence-electron chi connectivity index (χ3n) is 3.46. The normalized spacial score (nSPS) is 32.8. The number of nitrogens with zero attached hydrogens (tertiary/aromatic N) is 1. The highest BCUT2D eigenvalue weighted by atomic mass is 16.5. The highest BCUT2D eigenvalue weighted by Crippen LogP contribution is 2.21. The Morgan fingerprint density at radius 2 is 1.94 bits per heavy atom. The maximum Gasteiger partial charge on any atom is 0.226 e. The lowest BCUT2D eigenvalue weighted by Crippen LogP contribution is -2.52. The van der Waals surface area contributed by atoms with Gasteiger partial charge in [0.1, 0.15) is 0 Å². The molecular formula is C12H21NO3. The molecule has 0 aromatic rings. The first-order chi connectivity index (χ1) is 7.68. The van der Waals surface area contributed by atoms with Gasteiger partial charge in [0.2, 0.25) is 5.91 Å². The molecule has 2 saturated heterocycles. The zero-order chi connectivity index (χ0) is 11.5. The topological polar surface area (TPSA) is 38.8 Å². The van der Waals surface area contributed by atoms with Crippen LogP contribution in [0.5, 0.6) is 0 Å². The number of amides is 1. The minimum atomic E-state index is 0.167. The van der Waals surface area contributed by atoms with Crippen LogP contribution in [0, 0.1) is 5.92 Å². The van der Waals surface area contributed by atoms with Crippen LogP contribution in [0.1, 0.15) is 26.7 Å². The summed E-state index contributed by atoms with van der Waals surface area (Å²) >= 11 is 0. The van der Waals surface area contributed by atoms with Crippen LogP contribution >= 0.6 is 0 Å². The summed E-state index contributed by atoms with van der Waals surface area (Å²) in [5, 5.41) is 0. The molecule has 2 aliphatic heterocycles. The molecule has 2 unspecified atom stereocenters. The first-order valence-electron chi connectivity index (χ1n) is 6.18. The van der Waals surface area contributed by atoms with E-state index in [-0.39, 0.29) is 18.1 Å². The lowest BCUT2D eigenvalue weighted by Gasteiger charge is -2.39. The molecule has 2 heterocycles. The van der Waals surface area contributed by atoms with E-state index in [1.54, 1.807) is 0 Å². The fraction of sp³-hybridized carbons (Fsp3) is 0.917. The van der Waals surface area contributed by atoms with E-state index in [4.69, 9.17) is 9.47 Å². The van der Waals surface area contributed by atoms with Crippen molar-refractivity contribution < 1.29 is 14.3 Å². The molecule has 4 heteroatoms. The predicted octanol–water partition coefficient (Wildman–Crippen LogP) is 1.05. The lowest BCUT2D eigenvalue weighted by atomic mass is 9.97. The molecular weight excluding hydrogens is 206 g/mol. The number of hydrogen-bond donors (Lipinski definition) is 0. The Labute approximate surface area is 96.9 Å². The molecule has 0 aliphatic carbocycles. The molecule has 4 nitrogen and oxygen atoms in total. The predicted molar refractivity (Wildman–Crippen MR) is 60.1 cm³/mol. The Morgan fingerprint density at radius 3 is 2.62 bits per heavy atom. The largest absolute Gasteiger partial charge is 0.381 e. The fourth-order valence-corrected chi connectivity index (χ4v) is 2.39. The van der Waals surface area contributed by atoms with Gasteiger partial charge in [-0.15, -0.1) is 0 Å². The van der Waals surface area contributed by atoms with Crippen molar-refractivity contribution in [1.82, 2.24) is 4.90 Å². The molecule has 2 atom stereocenters. The second-order valence-electron chi connectivity index (χ2n) is 4.87. The van der Waals surface area contributed by atoms with Crippen molar-refractivity contribution in [3.05, 3.63) is 0 Å². The Balaban J connectivity index is 1.96. The molecule has 0 radical (unpaired) electrons. The van der Waals surface area contributed by atoms with Gasteiger partial charge < -0.3 is 14.4 Å². The SMILES string of the molecule is CC1CN(C(=O)C2CCOCC2)C(C)CO1. The van der Waals surface area contributed by atoms with E-state index in [1.807, 2.05) is 11.8 Å². The van der Waals surface area contributed by atoms with Crippen molar-refractivity contribution in [2.45, 2.75) is 38.8 Å². The Morgan fingerprint density at radius 1 is 1.25 bits per heavy atom. The van der Waals surface area contributed by atoms with E-state index in [0.29, 0.717) is 12.5 Å². The summed E-state index contributed by atoms with van der Waals surface area (Å²) in [7, 11) is 0. The summed E-state index contributed by atoms with van der Waals surface area (Å²) < 4.78 is 10.8. The quantitative estimate of drug-likeness (QED) is 0.672. The molecule has 0 aromatic carbocycles. The summed E-state index contributed by atoms with van der Waals surface area (Å²) in [5.41, 5.74) is 0. The van der Waals surface area contributed by atoms with Crippen molar-refractivity contribution in [2.75, 3.05) is 26.4 Å². The highest BCUT2D eigenvalue weighted by molar-refractivity contribution is 5.79. The zero-order valence-corrected chi connectivity index (χ0v) is 10.1. The van der Waals surface area contributed by atoms with Gasteiger partial charge in [0.25, 0.3) is 0 Å². The summed E-state index contributed by atoms with van der Waals surface area (Å²) in [4.78, 5) is 14.3. The first kappa shape index (κ1) is 11.9. The molecule has 2 aliphatic rings. The molecule has 0 saturated carbocycles.